The van der Waals surface area contributed by atoms with Gasteiger partial charge in [0.05, 0.1) is 12.8 Å². The molecule has 0 aliphatic heterocycles. The average Bonchev–Trinajstić information content (AvgIpc) is 2.85. The summed E-state index contributed by atoms with van der Waals surface area (Å²) in [4.78, 5) is 37.0. The topological polar surface area (TPSA) is 77.8 Å². The number of methoxy groups -OCH3 is 1. The van der Waals surface area contributed by atoms with E-state index in [9.17, 15) is 14.4 Å². The Bertz CT molecular complexity index is 614. The molecule has 0 fully saturated rings. The maximum absolute atomic E-state index is 12.3. The number of nitrogens with zero attached hydrogens (tertiary/aromatic N) is 2. The fourth-order valence-electron chi connectivity index (χ4n) is 2.16. The molecule has 0 spiro atoms. The fraction of sp³-hybridized carbons (Fsp3) is 0.562. The predicted molar refractivity (Wildman–Crippen MR) is 84.2 cm³/mol. The van der Waals surface area contributed by atoms with Gasteiger partial charge in [-0.05, 0) is 39.8 Å². The van der Waals surface area contributed by atoms with E-state index < -0.39 is 23.2 Å². The van der Waals surface area contributed by atoms with Crippen molar-refractivity contribution in [2.45, 2.75) is 38.8 Å². The Morgan fingerprint density at radius 1 is 1.22 bits per heavy atom. The normalized spacial score (nSPS) is 13.9. The second kappa shape index (κ2) is 6.44. The number of hydrogen-bond donors (Lipinski definition) is 0. The summed E-state index contributed by atoms with van der Waals surface area (Å²) in [5, 5.41) is 0. The molecule has 1 amide bonds. The number of esters is 1. The highest BCUT2D eigenvalue weighted by Crippen LogP contribution is 2.28. The Kier molecular flexibility index (Phi) is 5.24. The molecule has 0 N–H and O–H groups in total. The molecular formula is C16H24N2O5. The van der Waals surface area contributed by atoms with Gasteiger partial charge in [0.1, 0.15) is 16.8 Å². The van der Waals surface area contributed by atoms with Gasteiger partial charge in [0.15, 0.2) is 6.29 Å². The molecule has 1 heterocycles. The van der Waals surface area contributed by atoms with Crippen LogP contribution >= 0.6 is 0 Å². The van der Waals surface area contributed by atoms with Gasteiger partial charge in [0.25, 0.3) is 0 Å². The maximum Gasteiger partial charge on any atom is 0.411 e. The summed E-state index contributed by atoms with van der Waals surface area (Å²) in [5.74, 6) is -0.521. The second-order valence-corrected chi connectivity index (χ2v) is 6.46. The number of aldehydes is 1. The summed E-state index contributed by atoms with van der Waals surface area (Å²) in [5.41, 5.74) is -1.21. The van der Waals surface area contributed by atoms with Crippen molar-refractivity contribution >= 4 is 18.3 Å². The van der Waals surface area contributed by atoms with Crippen LogP contribution in [0.2, 0.25) is 0 Å². The largest absolute Gasteiger partial charge is 0.464 e. The van der Waals surface area contributed by atoms with Crippen LogP contribution < -0.4 is 0 Å². The number of aromatic nitrogens is 1. The Morgan fingerprint density at radius 2 is 1.78 bits per heavy atom. The lowest BCUT2D eigenvalue weighted by Gasteiger charge is -2.35. The van der Waals surface area contributed by atoms with Crippen LogP contribution in [0.5, 0.6) is 0 Å². The molecule has 0 aromatic carbocycles. The smallest absolute Gasteiger partial charge is 0.411 e. The van der Waals surface area contributed by atoms with Crippen molar-refractivity contribution in [3.8, 4) is 0 Å². The SMILES string of the molecule is COC(=O)c1ccc(C(C)(C=O)N(C)C(=O)OC(C)(C)C)n1C. The van der Waals surface area contributed by atoms with Crippen LogP contribution in [0.1, 0.15) is 43.9 Å². The standard InChI is InChI=1S/C16H24N2O5/c1-15(2,3)23-14(21)18(6)16(4,10-19)12-9-8-11(17(12)5)13(20)22-7/h8-10H,1-7H3. The zero-order valence-electron chi connectivity index (χ0n) is 14.7. The number of carbonyl (C=O) groups excluding carboxylic acids is 3. The lowest BCUT2D eigenvalue weighted by atomic mass is 9.98. The fourth-order valence-corrected chi connectivity index (χ4v) is 2.16. The molecule has 0 aliphatic carbocycles. The summed E-state index contributed by atoms with van der Waals surface area (Å²) < 4.78 is 11.5. The van der Waals surface area contributed by atoms with Gasteiger partial charge in [-0.3, -0.25) is 4.90 Å². The van der Waals surface area contributed by atoms with Gasteiger partial charge in [-0.2, -0.15) is 0 Å². The number of hydrogen-bond acceptors (Lipinski definition) is 5. The van der Waals surface area contributed by atoms with Crippen molar-refractivity contribution in [2.75, 3.05) is 14.2 Å². The molecule has 1 atom stereocenters. The van der Waals surface area contributed by atoms with Crippen molar-refractivity contribution in [3.63, 3.8) is 0 Å². The van der Waals surface area contributed by atoms with Gasteiger partial charge in [-0.25, -0.2) is 9.59 Å². The van der Waals surface area contributed by atoms with Gasteiger partial charge in [-0.1, -0.05) is 0 Å². The molecule has 0 saturated heterocycles. The summed E-state index contributed by atoms with van der Waals surface area (Å²) >= 11 is 0. The molecule has 0 bridgehead atoms. The third-order valence-corrected chi connectivity index (χ3v) is 3.63. The summed E-state index contributed by atoms with van der Waals surface area (Å²) in [6, 6.07) is 3.16. The summed E-state index contributed by atoms with van der Waals surface area (Å²) in [6.45, 7) is 6.82. The zero-order valence-corrected chi connectivity index (χ0v) is 14.7. The Morgan fingerprint density at radius 3 is 2.22 bits per heavy atom. The monoisotopic (exact) mass is 324 g/mol. The van der Waals surface area contributed by atoms with E-state index >= 15 is 0 Å². The van der Waals surface area contributed by atoms with Crippen LogP contribution in [0.3, 0.4) is 0 Å². The van der Waals surface area contributed by atoms with E-state index in [0.717, 1.165) is 0 Å². The van der Waals surface area contributed by atoms with Crippen molar-refractivity contribution < 1.29 is 23.9 Å². The molecule has 0 aliphatic rings. The Labute approximate surface area is 136 Å². The van der Waals surface area contributed by atoms with Gasteiger partial charge in [0.2, 0.25) is 0 Å². The molecule has 0 saturated carbocycles. The van der Waals surface area contributed by atoms with E-state index in [1.54, 1.807) is 46.9 Å². The minimum atomic E-state index is -1.29. The van der Waals surface area contributed by atoms with E-state index in [4.69, 9.17) is 9.47 Å². The minimum Gasteiger partial charge on any atom is -0.464 e. The molecule has 128 valence electrons. The van der Waals surface area contributed by atoms with E-state index in [-0.39, 0.29) is 5.69 Å². The quantitative estimate of drug-likeness (QED) is 0.626. The van der Waals surface area contributed by atoms with Crippen molar-refractivity contribution in [1.29, 1.82) is 0 Å². The molecule has 1 aromatic rings. The van der Waals surface area contributed by atoms with E-state index in [1.807, 2.05) is 0 Å². The number of amides is 1. The molecule has 7 nitrogen and oxygen atoms in total. The van der Waals surface area contributed by atoms with Crippen molar-refractivity contribution in [2.24, 2.45) is 7.05 Å². The third-order valence-electron chi connectivity index (χ3n) is 3.63. The van der Waals surface area contributed by atoms with Gasteiger partial charge in [0, 0.05) is 14.1 Å². The first-order valence-corrected chi connectivity index (χ1v) is 7.15. The zero-order chi connectivity index (χ0) is 18.0. The summed E-state index contributed by atoms with van der Waals surface area (Å²) in [7, 11) is 4.39. The van der Waals surface area contributed by atoms with Crippen LogP contribution in [0, 0.1) is 0 Å². The van der Waals surface area contributed by atoms with Gasteiger partial charge < -0.3 is 18.8 Å². The highest BCUT2D eigenvalue weighted by Gasteiger charge is 2.39. The maximum atomic E-state index is 12.3. The van der Waals surface area contributed by atoms with E-state index in [0.29, 0.717) is 12.0 Å². The predicted octanol–water partition coefficient (Wildman–Crippen LogP) is 2.09. The first-order valence-electron chi connectivity index (χ1n) is 7.15. The number of carbonyl (C=O) groups is 3. The van der Waals surface area contributed by atoms with Gasteiger partial charge >= 0.3 is 12.1 Å². The average molecular weight is 324 g/mol. The van der Waals surface area contributed by atoms with Gasteiger partial charge in [-0.15, -0.1) is 0 Å². The molecule has 1 unspecified atom stereocenters. The highest BCUT2D eigenvalue weighted by atomic mass is 16.6. The number of likely N-dealkylation sites (N-methyl/N-ethyl adjacent to an activating group) is 1. The lowest BCUT2D eigenvalue weighted by Crippen LogP contribution is -2.49. The first kappa shape index (κ1) is 18.7. The molecule has 23 heavy (non-hydrogen) atoms. The summed E-state index contributed by atoms with van der Waals surface area (Å²) in [6.07, 6.45) is 0.0146. The lowest BCUT2D eigenvalue weighted by molar-refractivity contribution is -0.117. The van der Waals surface area contributed by atoms with E-state index in [1.165, 1.54) is 23.6 Å². The Hall–Kier alpha value is -2.31. The van der Waals surface area contributed by atoms with Crippen LogP contribution in [0.15, 0.2) is 12.1 Å². The minimum absolute atomic E-state index is 0.285. The van der Waals surface area contributed by atoms with E-state index in [2.05, 4.69) is 0 Å². The van der Waals surface area contributed by atoms with Crippen LogP contribution in [-0.4, -0.2) is 47.6 Å². The van der Waals surface area contributed by atoms with Crippen molar-refractivity contribution in [3.05, 3.63) is 23.5 Å². The first-order chi connectivity index (χ1) is 10.5. The van der Waals surface area contributed by atoms with Crippen molar-refractivity contribution in [1.82, 2.24) is 9.47 Å². The molecule has 7 heteroatoms. The van der Waals surface area contributed by atoms with Crippen LogP contribution in [-0.2, 0) is 26.9 Å². The molecular weight excluding hydrogens is 300 g/mol. The van der Waals surface area contributed by atoms with Crippen LogP contribution in [0.25, 0.3) is 0 Å². The highest BCUT2D eigenvalue weighted by molar-refractivity contribution is 5.88. The number of rotatable bonds is 4. The number of ether oxygens (including phenoxy) is 2. The van der Waals surface area contributed by atoms with Crippen LogP contribution in [0.4, 0.5) is 4.79 Å². The molecule has 0 radical (unpaired) electrons. The molecule has 1 rings (SSSR count). The second-order valence-electron chi connectivity index (χ2n) is 6.46. The Balaban J connectivity index is 3.25. The molecule has 1 aromatic heterocycles. The third kappa shape index (κ3) is 3.72.